The Balaban J connectivity index is 0.000000550. The third kappa shape index (κ3) is 8.15. The topological polar surface area (TPSA) is 112 Å². The molecule has 1 atom stereocenters. The molecule has 1 aliphatic rings. The minimum Gasteiger partial charge on any atom is -0.484 e. The van der Waals surface area contributed by atoms with Crippen molar-refractivity contribution in [2.75, 3.05) is 25.0 Å². The molecule has 3 N–H and O–H groups in total. The smallest absolute Gasteiger partial charge is 0.457 e. The predicted octanol–water partition coefficient (Wildman–Crippen LogP) is 5.09. The fraction of sp³-hybridized carbons (Fsp3) is 0.458. The quantitative estimate of drug-likeness (QED) is 0.378. The number of aromatic nitrogens is 1. The van der Waals surface area contributed by atoms with Crippen LogP contribution >= 0.6 is 11.6 Å². The summed E-state index contributed by atoms with van der Waals surface area (Å²) in [6.07, 6.45) is -5.85. The van der Waals surface area contributed by atoms with Crippen LogP contribution in [0.5, 0.6) is 5.75 Å². The van der Waals surface area contributed by atoms with Crippen molar-refractivity contribution in [1.82, 2.24) is 10.3 Å². The Labute approximate surface area is 220 Å². The second kappa shape index (κ2) is 13.1. The molecule has 0 saturated carbocycles. The number of nitrogens with zero attached hydrogens (tertiary/aromatic N) is 2. The summed E-state index contributed by atoms with van der Waals surface area (Å²) < 4.78 is 69.7. The Morgan fingerprint density at radius 2 is 1.71 bits per heavy atom. The van der Waals surface area contributed by atoms with Gasteiger partial charge in [0.05, 0.1) is 23.6 Å². The fourth-order valence-corrected chi connectivity index (χ4v) is 3.88. The van der Waals surface area contributed by atoms with Gasteiger partial charge in [0, 0.05) is 19.3 Å². The highest BCUT2D eigenvalue weighted by atomic mass is 35.5. The largest absolute Gasteiger partial charge is 0.484 e. The predicted molar refractivity (Wildman–Crippen MR) is 130 cm³/mol. The number of carboxylic acids is 2. The molecule has 2 aromatic rings. The third-order valence-electron chi connectivity index (χ3n) is 5.60. The summed E-state index contributed by atoms with van der Waals surface area (Å²) in [7, 11) is 1.71. The lowest BCUT2D eigenvalue weighted by Crippen LogP contribution is -2.48. The first-order valence-corrected chi connectivity index (χ1v) is 11.8. The first-order chi connectivity index (χ1) is 17.6. The first kappa shape index (κ1) is 31.0. The van der Waals surface area contributed by atoms with Gasteiger partial charge in [-0.2, -0.15) is 22.0 Å². The third-order valence-corrected chi connectivity index (χ3v) is 5.91. The van der Waals surface area contributed by atoms with E-state index in [2.05, 4.69) is 10.3 Å². The van der Waals surface area contributed by atoms with Gasteiger partial charge in [-0.15, -0.1) is 0 Å². The minimum atomic E-state index is -5.71. The lowest BCUT2D eigenvalue weighted by molar-refractivity contribution is -0.306. The summed E-state index contributed by atoms with van der Waals surface area (Å²) in [5.41, 5.74) is 2.90. The van der Waals surface area contributed by atoms with E-state index >= 15 is 0 Å². The molecule has 210 valence electrons. The van der Waals surface area contributed by atoms with Gasteiger partial charge in [0.1, 0.15) is 11.6 Å². The van der Waals surface area contributed by atoms with E-state index in [1.54, 1.807) is 18.0 Å². The Morgan fingerprint density at radius 1 is 1.11 bits per heavy atom. The molecule has 0 bridgehead atoms. The molecule has 1 aliphatic heterocycles. The summed E-state index contributed by atoms with van der Waals surface area (Å²) in [5.74, 6) is -6.99. The Bertz CT molecular complexity index is 1120. The number of benzene rings is 1. The number of halogens is 6. The van der Waals surface area contributed by atoms with E-state index in [1.807, 2.05) is 6.07 Å². The van der Waals surface area contributed by atoms with Crippen LogP contribution in [-0.4, -0.2) is 65.5 Å². The van der Waals surface area contributed by atoms with Gasteiger partial charge in [-0.25, -0.2) is 4.98 Å². The Kier molecular flexibility index (Phi) is 10.7. The normalized spacial score (nSPS) is 14.3. The number of carbonyl (C=O) groups is 2. The lowest BCUT2D eigenvalue weighted by Gasteiger charge is -2.27. The van der Waals surface area contributed by atoms with Crippen molar-refractivity contribution in [1.29, 1.82) is 0 Å². The highest BCUT2D eigenvalue weighted by Crippen LogP contribution is 2.40. The summed E-state index contributed by atoms with van der Waals surface area (Å²) >= 11 is 6.45. The maximum atomic E-state index is 13.5. The van der Waals surface area contributed by atoms with Crippen molar-refractivity contribution in [3.05, 3.63) is 46.6 Å². The zero-order chi connectivity index (χ0) is 28.7. The molecule has 14 heteroatoms. The number of carboxylic acid groups (broad SMARTS) is 2. The minimum absolute atomic E-state index is 0.150. The highest BCUT2D eigenvalue weighted by molar-refractivity contribution is 6.33. The second-order valence-corrected chi connectivity index (χ2v) is 8.77. The Morgan fingerprint density at radius 3 is 2.29 bits per heavy atom. The molecule has 8 nitrogen and oxygen atoms in total. The number of alkyl halides is 5. The molecule has 1 aromatic heterocycles. The van der Waals surface area contributed by atoms with Crippen LogP contribution in [0.2, 0.25) is 5.02 Å². The molecular weight excluding hydrogens is 541 g/mol. The standard InChI is InChI=1S/C20H21ClF5N3O.C4H6O4/c1-12(19(22,23)20(24,25)26)30-14-6-10-28-17(11-14)29(2)18-15-7-9-27-8-5-13(15)3-4-16(18)21;5-3(6)1-2-4(7)8/h3-4,6,10-12,27H,5,7-9H2,1-2H3;1-2H2,(H,5,6)(H,7,8). The van der Waals surface area contributed by atoms with E-state index in [0.717, 1.165) is 42.7 Å². The average molecular weight is 568 g/mol. The molecule has 0 saturated heterocycles. The van der Waals surface area contributed by atoms with Crippen LogP contribution in [0.1, 0.15) is 30.9 Å². The van der Waals surface area contributed by atoms with E-state index in [0.29, 0.717) is 17.8 Å². The van der Waals surface area contributed by atoms with Crippen molar-refractivity contribution < 1.29 is 46.5 Å². The van der Waals surface area contributed by atoms with Crippen molar-refractivity contribution in [2.45, 2.75) is 50.8 Å². The molecule has 38 heavy (non-hydrogen) atoms. The van der Waals surface area contributed by atoms with Gasteiger partial charge in [0.2, 0.25) is 0 Å². The number of fused-ring (bicyclic) bond motifs is 1. The van der Waals surface area contributed by atoms with Crippen molar-refractivity contribution in [3.63, 3.8) is 0 Å². The van der Waals surface area contributed by atoms with E-state index in [-0.39, 0.29) is 18.6 Å². The number of hydrogen-bond acceptors (Lipinski definition) is 6. The van der Waals surface area contributed by atoms with E-state index in [1.165, 1.54) is 18.3 Å². The van der Waals surface area contributed by atoms with E-state index in [9.17, 15) is 31.5 Å². The van der Waals surface area contributed by atoms with Gasteiger partial charge in [-0.05, 0) is 56.1 Å². The van der Waals surface area contributed by atoms with Crippen LogP contribution in [0.3, 0.4) is 0 Å². The molecule has 3 rings (SSSR count). The maximum Gasteiger partial charge on any atom is 0.457 e. The highest BCUT2D eigenvalue weighted by Gasteiger charge is 2.62. The number of rotatable bonds is 8. The second-order valence-electron chi connectivity index (χ2n) is 8.36. The molecular formula is C24H27ClF5N3O5. The van der Waals surface area contributed by atoms with Crippen molar-refractivity contribution in [2.24, 2.45) is 0 Å². The van der Waals surface area contributed by atoms with Gasteiger partial charge in [-0.3, -0.25) is 9.59 Å². The number of nitrogens with one attached hydrogen (secondary N) is 1. The number of ether oxygens (including phenoxy) is 1. The first-order valence-electron chi connectivity index (χ1n) is 11.4. The molecule has 0 spiro atoms. The molecule has 0 amide bonds. The molecule has 1 unspecified atom stereocenters. The molecule has 0 aliphatic carbocycles. The lowest BCUT2D eigenvalue weighted by atomic mass is 10.00. The summed E-state index contributed by atoms with van der Waals surface area (Å²) in [4.78, 5) is 25.2. The van der Waals surface area contributed by atoms with Crippen LogP contribution in [0, 0.1) is 0 Å². The molecule has 1 aromatic carbocycles. The number of pyridine rings is 1. The SMILES string of the molecule is CC(Oc1ccnc(N(C)c2c(Cl)ccc3c2CCNCC3)c1)C(F)(F)C(F)(F)F.O=C(O)CCC(=O)O. The van der Waals surface area contributed by atoms with Gasteiger partial charge >= 0.3 is 24.0 Å². The van der Waals surface area contributed by atoms with Crippen LogP contribution < -0.4 is 15.0 Å². The number of anilines is 2. The molecule has 0 radical (unpaired) electrons. The fourth-order valence-electron chi connectivity index (χ4n) is 3.58. The van der Waals surface area contributed by atoms with Crippen molar-refractivity contribution >= 4 is 35.0 Å². The van der Waals surface area contributed by atoms with Gasteiger partial charge in [0.15, 0.2) is 6.10 Å². The Hall–Kier alpha value is -3.19. The van der Waals surface area contributed by atoms with Crippen LogP contribution in [0.4, 0.5) is 33.5 Å². The zero-order valence-electron chi connectivity index (χ0n) is 20.5. The van der Waals surface area contributed by atoms with Crippen LogP contribution in [0.15, 0.2) is 30.5 Å². The van der Waals surface area contributed by atoms with Gasteiger partial charge in [0.25, 0.3) is 0 Å². The van der Waals surface area contributed by atoms with E-state index < -0.39 is 30.1 Å². The monoisotopic (exact) mass is 567 g/mol. The summed E-state index contributed by atoms with van der Waals surface area (Å²) in [5, 5.41) is 19.6. The van der Waals surface area contributed by atoms with Crippen molar-refractivity contribution in [3.8, 4) is 5.75 Å². The zero-order valence-corrected chi connectivity index (χ0v) is 21.2. The van der Waals surface area contributed by atoms with Crippen LogP contribution in [0.25, 0.3) is 0 Å². The maximum absolute atomic E-state index is 13.5. The van der Waals surface area contributed by atoms with Crippen LogP contribution in [-0.2, 0) is 22.4 Å². The summed E-state index contributed by atoms with van der Waals surface area (Å²) in [6.45, 7) is 2.29. The molecule has 2 heterocycles. The average Bonchev–Trinajstić information content (AvgIpc) is 3.07. The van der Waals surface area contributed by atoms with Gasteiger partial charge in [-0.1, -0.05) is 17.7 Å². The number of hydrogen-bond donors (Lipinski definition) is 3. The van der Waals surface area contributed by atoms with E-state index in [4.69, 9.17) is 26.6 Å². The summed E-state index contributed by atoms with van der Waals surface area (Å²) in [6, 6.07) is 6.30. The van der Waals surface area contributed by atoms with Gasteiger partial charge < -0.3 is 25.2 Å². The molecule has 0 fully saturated rings. The number of aliphatic carboxylic acids is 2.